The number of aliphatic hydroxyl groups is 2. The van der Waals surface area contributed by atoms with E-state index in [1.165, 1.54) is 0 Å². The van der Waals surface area contributed by atoms with E-state index in [2.05, 4.69) is 30.7 Å². The third kappa shape index (κ3) is 15.9. The molecule has 4 fully saturated rings. The molecule has 6 heterocycles. The first-order chi connectivity index (χ1) is 43.4. The van der Waals surface area contributed by atoms with Gasteiger partial charge in [0.05, 0.1) is 57.3 Å². The van der Waals surface area contributed by atoms with Crippen molar-refractivity contribution in [3.63, 3.8) is 0 Å². The molecule has 2 aromatic carbocycles. The maximum absolute atomic E-state index is 14.1. The standard InChI is InChI=1S/C37H53ClN2O7.C36H51ClN2O7/c1-12-35(8,13-2)34(42)46-30-19-31(41)40(10)27-18-26(17-22(4)32(27)38)23(5)21(3)15-14-16-29(44-11)37(43)20-28(45-25(7)39-37)24(6)33-36(30,9)47-33;1-11-34(7,12-2)33(41)45-29-19-30(40)39(9)26-18-25(17-22(4)31(26)37)16-21(3)14-13-15-28(43-10)36(42)20-27(44-24(6)38-36)23(5)32-35(29,8)46-32/h14-18,23-24,28-30,33,39,43H,7,12-13,19-20H2,1-6,8-11H3;13-15,17-18,23,27-29,32,38,42H,6,11-12,16,19-20H2,1-5,7-10H3/b16-14+,21-15+;15-13+,21-14+/t23?,24-,28+,29-,30+,33+,36+,37+;23-,27+,28-,29+,32+,35+,36+/m11/s1. The van der Waals surface area contributed by atoms with E-state index in [0.717, 1.165) is 33.4 Å². The Hall–Kier alpha value is -5.70. The highest BCUT2D eigenvalue weighted by molar-refractivity contribution is 6.35. The summed E-state index contributed by atoms with van der Waals surface area (Å²) in [4.78, 5) is 58.4. The second-order valence-electron chi connectivity index (χ2n) is 27.8. The number of aryl methyl sites for hydroxylation is 2. The molecule has 0 radical (unpaired) electrons. The zero-order valence-electron chi connectivity index (χ0n) is 58.3. The van der Waals surface area contributed by atoms with Crippen molar-refractivity contribution in [2.45, 2.75) is 239 Å². The summed E-state index contributed by atoms with van der Waals surface area (Å²) in [6.07, 6.45) is 9.33. The highest BCUT2D eigenvalue weighted by Crippen LogP contribution is 2.52. The van der Waals surface area contributed by atoms with Crippen LogP contribution < -0.4 is 20.4 Å². The van der Waals surface area contributed by atoms with Crippen LogP contribution >= 0.6 is 23.2 Å². The molecule has 6 aliphatic heterocycles. The number of amides is 2. The van der Waals surface area contributed by atoms with Crippen molar-refractivity contribution in [1.29, 1.82) is 0 Å². The number of anilines is 2. The van der Waals surface area contributed by atoms with Gasteiger partial charge < -0.3 is 68.5 Å². The molecule has 6 aliphatic rings. The van der Waals surface area contributed by atoms with Crippen LogP contribution in [0.25, 0.3) is 0 Å². The minimum atomic E-state index is -1.52. The van der Waals surface area contributed by atoms with Gasteiger partial charge in [-0.1, -0.05) is 131 Å². The molecule has 8 rings (SSSR count). The Morgan fingerprint density at radius 3 is 1.47 bits per heavy atom. The number of ether oxygens (including phenoxy) is 8. The monoisotopic (exact) mass is 1330 g/mol. The van der Waals surface area contributed by atoms with Gasteiger partial charge in [0.15, 0.2) is 23.2 Å². The van der Waals surface area contributed by atoms with Crippen molar-refractivity contribution in [2.75, 3.05) is 38.1 Å². The van der Waals surface area contributed by atoms with E-state index < -0.39 is 82.3 Å². The van der Waals surface area contributed by atoms with Gasteiger partial charge in [-0.2, -0.15) is 0 Å². The second-order valence-corrected chi connectivity index (χ2v) is 28.5. The van der Waals surface area contributed by atoms with Crippen LogP contribution in [0.1, 0.15) is 170 Å². The molecule has 93 heavy (non-hydrogen) atoms. The molecule has 2 aromatic rings. The number of nitrogens with one attached hydrogen (secondary N) is 2. The molecule has 0 aromatic heterocycles. The third-order valence-electron chi connectivity index (χ3n) is 21.3. The molecule has 15 atom stereocenters. The Morgan fingerprint density at radius 2 is 1.06 bits per heavy atom. The van der Waals surface area contributed by atoms with E-state index in [0.29, 0.717) is 53.5 Å². The minimum Gasteiger partial charge on any atom is -0.476 e. The van der Waals surface area contributed by atoms with Crippen LogP contribution in [0.5, 0.6) is 0 Å². The molecule has 514 valence electrons. The molecular weight excluding hydrogens is 1230 g/mol. The minimum absolute atomic E-state index is 0.00995. The van der Waals surface area contributed by atoms with Crippen LogP contribution in [-0.4, -0.2) is 134 Å². The van der Waals surface area contributed by atoms with Crippen LogP contribution in [-0.2, 0) is 63.5 Å². The van der Waals surface area contributed by atoms with Crippen molar-refractivity contribution < 1.29 is 67.3 Å². The largest absolute Gasteiger partial charge is 0.476 e. The van der Waals surface area contributed by atoms with Gasteiger partial charge in [-0.25, -0.2) is 0 Å². The fraction of sp³-hybridized carbons (Fsp3) is 0.616. The average Bonchev–Trinajstić information content (AvgIpc) is 1.58. The highest BCUT2D eigenvalue weighted by atomic mass is 35.5. The summed E-state index contributed by atoms with van der Waals surface area (Å²) in [5.41, 5.74) is 0.543. The number of nitrogens with zero attached hydrogens (tertiary/aromatic N) is 2. The lowest BCUT2D eigenvalue weighted by Crippen LogP contribution is -2.60. The van der Waals surface area contributed by atoms with Crippen LogP contribution in [0.3, 0.4) is 0 Å². The van der Waals surface area contributed by atoms with Gasteiger partial charge in [0.25, 0.3) is 0 Å². The van der Waals surface area contributed by atoms with Crippen molar-refractivity contribution in [3.8, 4) is 0 Å². The van der Waals surface area contributed by atoms with Gasteiger partial charge in [0.2, 0.25) is 11.8 Å². The predicted octanol–water partition coefficient (Wildman–Crippen LogP) is 12.9. The molecule has 0 spiro atoms. The van der Waals surface area contributed by atoms with Crippen LogP contribution in [0.4, 0.5) is 11.4 Å². The van der Waals surface area contributed by atoms with Gasteiger partial charge in [0, 0.05) is 58.9 Å². The van der Waals surface area contributed by atoms with Crippen LogP contribution in [0, 0.1) is 36.5 Å². The molecule has 0 saturated carbocycles. The second kappa shape index (κ2) is 29.3. The SMILES string of the molecule is C=C1N[C@]2(O)C[C@H](O1)[C@@H](C)[C@@H]1O[C@@]1(C)[C@@H](OC(=O)C(C)(CC)CC)CC(=O)N(C)c1cc(cc(C)c1Cl)C(C)/C(C)=C/C=C/[C@H]2OC.C=C1N[C@]2(O)C[C@H](O1)[C@@H](C)[C@@H]1O[C@@]1(C)[C@@H](OC(=O)C(C)(CC)CC)CC(=O)N(C)c1cc(cc(C)c1Cl)C/C(C)=C/C=C/[C@H]2OC. The number of halogens is 2. The average molecular weight is 1330 g/mol. The molecule has 0 aliphatic carbocycles. The molecule has 20 heteroatoms. The third-order valence-corrected chi connectivity index (χ3v) is 22.3. The molecule has 18 nitrogen and oxygen atoms in total. The zero-order chi connectivity index (χ0) is 69.2. The van der Waals surface area contributed by atoms with Crippen LogP contribution in [0.15, 0.2) is 96.8 Å². The number of rotatable bonds is 10. The summed E-state index contributed by atoms with van der Waals surface area (Å²) >= 11 is 13.6. The van der Waals surface area contributed by atoms with Crippen molar-refractivity contribution in [1.82, 2.24) is 10.6 Å². The lowest BCUT2D eigenvalue weighted by Gasteiger charge is -2.44. The van der Waals surface area contributed by atoms with Gasteiger partial charge in [0.1, 0.15) is 47.8 Å². The Labute approximate surface area is 562 Å². The number of allylic oxidation sites excluding steroid dienone is 6. The molecule has 2 amide bonds. The van der Waals surface area contributed by atoms with Gasteiger partial charge in [-0.3, -0.25) is 19.2 Å². The Kier molecular flexibility index (Phi) is 23.6. The number of epoxide rings is 2. The van der Waals surface area contributed by atoms with Crippen LogP contribution in [0.2, 0.25) is 10.0 Å². The van der Waals surface area contributed by atoms with E-state index in [1.54, 1.807) is 38.1 Å². The zero-order valence-corrected chi connectivity index (χ0v) is 59.9. The molecule has 1 unspecified atom stereocenters. The lowest BCUT2D eigenvalue weighted by atomic mass is 9.82. The quantitative estimate of drug-likeness (QED) is 0.128. The number of methoxy groups -OCH3 is 2. The first-order valence-corrected chi connectivity index (χ1v) is 33.6. The summed E-state index contributed by atoms with van der Waals surface area (Å²) < 4.78 is 48.9. The van der Waals surface area contributed by atoms with Crippen molar-refractivity contribution in [3.05, 3.63) is 129 Å². The van der Waals surface area contributed by atoms with Crippen molar-refractivity contribution in [2.24, 2.45) is 22.7 Å². The number of esters is 2. The fourth-order valence-corrected chi connectivity index (χ4v) is 13.7. The van der Waals surface area contributed by atoms with E-state index in [1.807, 2.05) is 158 Å². The Balaban J connectivity index is 0.000000264. The van der Waals surface area contributed by atoms with E-state index >= 15 is 0 Å². The number of hydrogen-bond acceptors (Lipinski definition) is 16. The number of carbonyl (C=O) groups excluding carboxylic acids is 4. The fourth-order valence-electron chi connectivity index (χ4n) is 13.2. The number of benzene rings is 2. The van der Waals surface area contributed by atoms with E-state index in [4.69, 9.17) is 61.1 Å². The maximum atomic E-state index is 14.1. The molecular formula is C73H104Cl2N4O14. The van der Waals surface area contributed by atoms with Gasteiger partial charge in [-0.15, -0.1) is 0 Å². The number of carbonyl (C=O) groups is 4. The molecule has 4 N–H and O–H groups in total. The lowest BCUT2D eigenvalue weighted by molar-refractivity contribution is -0.166. The predicted molar refractivity (Wildman–Crippen MR) is 363 cm³/mol. The molecule has 4 saturated heterocycles. The summed E-state index contributed by atoms with van der Waals surface area (Å²) in [5, 5.41) is 30.6. The van der Waals surface area contributed by atoms with Gasteiger partial charge >= 0.3 is 11.9 Å². The maximum Gasteiger partial charge on any atom is 0.312 e. The highest BCUT2D eigenvalue weighted by Gasteiger charge is 2.66. The smallest absolute Gasteiger partial charge is 0.312 e. The Bertz CT molecular complexity index is 3270. The topological polar surface area (TPSA) is 220 Å². The van der Waals surface area contributed by atoms with E-state index in [-0.39, 0.29) is 79.0 Å². The molecule has 8 bridgehead atoms. The summed E-state index contributed by atoms with van der Waals surface area (Å²) in [6.45, 7) is 37.2. The normalized spacial score (nSPS) is 34.6. The summed E-state index contributed by atoms with van der Waals surface area (Å²) in [5.74, 6) is -1.38. The first-order valence-electron chi connectivity index (χ1n) is 32.8. The first kappa shape index (κ1) is 74.7. The Morgan fingerprint density at radius 1 is 0.667 bits per heavy atom. The van der Waals surface area contributed by atoms with E-state index in [9.17, 15) is 29.4 Å². The number of hydrogen-bond donors (Lipinski definition) is 4. The van der Waals surface area contributed by atoms with Crippen molar-refractivity contribution >= 4 is 58.3 Å². The number of fused-ring (bicyclic) bond motifs is 10. The summed E-state index contributed by atoms with van der Waals surface area (Å²) in [6, 6.07) is 7.91. The van der Waals surface area contributed by atoms with Gasteiger partial charge in [-0.05, 0) is 135 Å². The summed E-state index contributed by atoms with van der Waals surface area (Å²) in [7, 11) is 6.48.